The number of halogens is 1. The maximum absolute atomic E-state index is 14.1. The Hall–Kier alpha value is -3.77. The van der Waals surface area contributed by atoms with Gasteiger partial charge >= 0.3 is 11.9 Å². The molecular formula is C46H63ClN4O10S2. The molecule has 6 rings (SSSR count). The zero-order valence-corrected chi connectivity index (χ0v) is 40.4. The number of carbonyl (C=O) groups is 3. The predicted molar refractivity (Wildman–Crippen MR) is 246 cm³/mol. The number of thiophene rings is 1. The first-order valence-corrected chi connectivity index (χ1v) is 24.4. The highest BCUT2D eigenvalue weighted by Crippen LogP contribution is 2.47. The molecular weight excluding hydrogens is 868 g/mol. The van der Waals surface area contributed by atoms with E-state index in [2.05, 4.69) is 10.2 Å². The molecule has 3 saturated heterocycles. The third-order valence-corrected chi connectivity index (χ3v) is 14.9. The number of amides is 1. The summed E-state index contributed by atoms with van der Waals surface area (Å²) in [5.41, 5.74) is 0.547. The van der Waals surface area contributed by atoms with E-state index >= 15 is 0 Å². The van der Waals surface area contributed by atoms with Gasteiger partial charge in [-0.15, -0.1) is 11.3 Å². The molecule has 3 aromatic rings. The summed E-state index contributed by atoms with van der Waals surface area (Å²) in [6.07, 6.45) is 3.03. The van der Waals surface area contributed by atoms with Crippen molar-refractivity contribution in [1.82, 2.24) is 9.21 Å². The lowest BCUT2D eigenvalue weighted by molar-refractivity contribution is -0.185. The molecule has 3 aliphatic heterocycles. The minimum Gasteiger partial charge on any atom is -0.479 e. The molecule has 1 amide bonds. The number of benzene rings is 2. The Morgan fingerprint density at radius 3 is 2.27 bits per heavy atom. The first-order chi connectivity index (χ1) is 29.4. The van der Waals surface area contributed by atoms with E-state index in [1.54, 1.807) is 76.0 Å². The number of ether oxygens (including phenoxy) is 5. The summed E-state index contributed by atoms with van der Waals surface area (Å²) < 4.78 is 58.3. The van der Waals surface area contributed by atoms with Crippen LogP contribution in [0, 0.1) is 0 Å². The number of nitrogens with zero attached hydrogens (tertiary/aromatic N) is 3. The lowest BCUT2D eigenvalue weighted by Gasteiger charge is -2.45. The van der Waals surface area contributed by atoms with Gasteiger partial charge in [0.15, 0.2) is 23.0 Å². The summed E-state index contributed by atoms with van der Waals surface area (Å²) in [5, 5.41) is 3.77. The topological polar surface area (TPSA) is 153 Å². The SMILES string of the molecule is CN(C(=O)CCN1CCC2(CC1)OCCO2)c1cccc(CS(=O)(=O)N2CCC(Nc3cccc(-c4sc(C(=O)OC(C)(C)C)c(OCC(=O)OC(C)(C)C)c4Cl)c3)CC2(C)C)c1. The highest BCUT2D eigenvalue weighted by Gasteiger charge is 2.42. The number of piperidine rings is 2. The molecule has 14 nitrogen and oxygen atoms in total. The molecule has 0 aliphatic carbocycles. The summed E-state index contributed by atoms with van der Waals surface area (Å²) in [4.78, 5) is 43.7. The van der Waals surface area contributed by atoms with Crippen molar-refractivity contribution < 1.29 is 46.5 Å². The first-order valence-electron chi connectivity index (χ1n) is 21.6. The number of esters is 2. The third kappa shape index (κ3) is 12.7. The summed E-state index contributed by atoms with van der Waals surface area (Å²) >= 11 is 8.02. The van der Waals surface area contributed by atoms with Crippen LogP contribution in [0.3, 0.4) is 0 Å². The molecule has 0 radical (unpaired) electrons. The van der Waals surface area contributed by atoms with E-state index in [9.17, 15) is 22.8 Å². The third-order valence-electron chi connectivity index (χ3n) is 11.2. The van der Waals surface area contributed by atoms with Crippen LogP contribution in [0.4, 0.5) is 11.4 Å². The zero-order chi connectivity index (χ0) is 46.0. The number of sulfonamides is 1. The average Bonchev–Trinajstić information content (AvgIpc) is 3.78. The molecule has 4 heterocycles. The quantitative estimate of drug-likeness (QED) is 0.155. The van der Waals surface area contributed by atoms with Gasteiger partial charge in [0.2, 0.25) is 15.9 Å². The summed E-state index contributed by atoms with van der Waals surface area (Å²) in [6.45, 7) is 17.8. The number of hydrogen-bond acceptors (Lipinski definition) is 13. The van der Waals surface area contributed by atoms with Gasteiger partial charge < -0.3 is 38.8 Å². The molecule has 1 unspecified atom stereocenters. The van der Waals surface area contributed by atoms with Crippen LogP contribution in [0.15, 0.2) is 48.5 Å². The van der Waals surface area contributed by atoms with Gasteiger partial charge in [0.25, 0.3) is 0 Å². The zero-order valence-electron chi connectivity index (χ0n) is 38.0. The van der Waals surface area contributed by atoms with Crippen molar-refractivity contribution in [3.63, 3.8) is 0 Å². The maximum atomic E-state index is 14.1. The Morgan fingerprint density at radius 1 is 0.952 bits per heavy atom. The second-order valence-corrected chi connectivity index (χ2v) is 22.4. The number of rotatable bonds is 14. The molecule has 1 aromatic heterocycles. The number of nitrogens with one attached hydrogen (secondary N) is 1. The number of hydrogen-bond donors (Lipinski definition) is 1. The Labute approximate surface area is 381 Å². The first kappa shape index (κ1) is 48.7. The van der Waals surface area contributed by atoms with E-state index in [1.165, 1.54) is 0 Å². The average molecular weight is 932 g/mol. The largest absolute Gasteiger partial charge is 0.479 e. The Morgan fingerprint density at radius 2 is 1.62 bits per heavy atom. The van der Waals surface area contributed by atoms with E-state index < -0.39 is 51.1 Å². The van der Waals surface area contributed by atoms with Gasteiger partial charge in [0, 0.05) is 75.4 Å². The molecule has 1 atom stereocenters. The summed E-state index contributed by atoms with van der Waals surface area (Å²) in [5.74, 6) is -1.87. The molecule has 63 heavy (non-hydrogen) atoms. The fraction of sp³-hybridized carbons (Fsp3) is 0.587. The van der Waals surface area contributed by atoms with Crippen LogP contribution >= 0.6 is 22.9 Å². The molecule has 0 saturated carbocycles. The molecule has 0 bridgehead atoms. The highest BCUT2D eigenvalue weighted by molar-refractivity contribution is 7.88. The van der Waals surface area contributed by atoms with Gasteiger partial charge in [-0.1, -0.05) is 35.9 Å². The molecule has 2 aromatic carbocycles. The maximum Gasteiger partial charge on any atom is 0.352 e. The predicted octanol–water partition coefficient (Wildman–Crippen LogP) is 8.12. The van der Waals surface area contributed by atoms with Gasteiger partial charge in [-0.25, -0.2) is 18.0 Å². The van der Waals surface area contributed by atoms with Crippen LogP contribution in [-0.2, 0) is 44.3 Å². The van der Waals surface area contributed by atoms with Crippen LogP contribution in [-0.4, -0.2) is 117 Å². The van der Waals surface area contributed by atoms with Gasteiger partial charge in [0.05, 0.1) is 23.8 Å². The van der Waals surface area contributed by atoms with E-state index in [-0.39, 0.29) is 33.4 Å². The molecule has 3 aliphatic rings. The van der Waals surface area contributed by atoms with Crippen molar-refractivity contribution in [2.75, 3.05) is 63.3 Å². The molecule has 346 valence electrons. The lowest BCUT2D eigenvalue weighted by atomic mass is 9.89. The van der Waals surface area contributed by atoms with Gasteiger partial charge in [-0.2, -0.15) is 4.31 Å². The van der Waals surface area contributed by atoms with Crippen LogP contribution < -0.4 is 15.0 Å². The van der Waals surface area contributed by atoms with E-state index in [1.807, 2.05) is 44.2 Å². The number of carbonyl (C=O) groups excluding carboxylic acids is 3. The smallest absolute Gasteiger partial charge is 0.352 e. The van der Waals surface area contributed by atoms with Crippen molar-refractivity contribution in [3.05, 3.63) is 64.0 Å². The summed E-state index contributed by atoms with van der Waals surface area (Å²) in [6, 6.07) is 14.7. The van der Waals surface area contributed by atoms with Crippen LogP contribution in [0.1, 0.15) is 103 Å². The second-order valence-electron chi connectivity index (χ2n) is 19.2. The molecule has 1 spiro atoms. The fourth-order valence-corrected chi connectivity index (χ4v) is 11.7. The standard InChI is InChI=1S/C46H63ClN4O10S2/c1-43(2,3)60-37(53)29-57-39-38(47)40(62-41(39)42(54)61-44(4,5)6)32-13-11-14-33(27-32)48-34-16-21-51(45(7,8)28-34)63(55,56)30-31-12-10-15-35(26-31)49(9)36(52)17-20-50-22-18-46(19-23-50)58-24-25-59-46/h10-15,26-27,34,48H,16-25,28-30H2,1-9H3. The minimum atomic E-state index is -3.74. The van der Waals surface area contributed by atoms with Gasteiger partial charge in [0.1, 0.15) is 16.2 Å². The van der Waals surface area contributed by atoms with Gasteiger partial charge in [-0.3, -0.25) is 4.79 Å². The summed E-state index contributed by atoms with van der Waals surface area (Å²) in [7, 11) is -2.01. The number of likely N-dealkylation sites (tertiary alicyclic amines) is 1. The Bertz CT molecular complexity index is 2230. The van der Waals surface area contributed by atoms with Crippen molar-refractivity contribution in [3.8, 4) is 16.2 Å². The Kier molecular flexibility index (Phi) is 15.0. The van der Waals surface area contributed by atoms with Crippen molar-refractivity contribution in [1.29, 1.82) is 0 Å². The highest BCUT2D eigenvalue weighted by atomic mass is 35.5. The van der Waals surface area contributed by atoms with Crippen molar-refractivity contribution in [2.24, 2.45) is 0 Å². The lowest BCUT2D eigenvalue weighted by Crippen LogP contribution is -2.55. The van der Waals surface area contributed by atoms with E-state index in [4.69, 9.17) is 35.3 Å². The molecule has 3 fully saturated rings. The van der Waals surface area contributed by atoms with Crippen LogP contribution in [0.2, 0.25) is 5.02 Å². The molecule has 1 N–H and O–H groups in total. The van der Waals surface area contributed by atoms with Crippen LogP contribution in [0.5, 0.6) is 5.75 Å². The second kappa shape index (κ2) is 19.4. The Balaban J connectivity index is 1.07. The van der Waals surface area contributed by atoms with Gasteiger partial charge in [-0.05, 0) is 104 Å². The van der Waals surface area contributed by atoms with E-state index in [0.29, 0.717) is 67.3 Å². The monoisotopic (exact) mass is 930 g/mol. The van der Waals surface area contributed by atoms with Crippen molar-refractivity contribution in [2.45, 2.75) is 122 Å². The van der Waals surface area contributed by atoms with Crippen molar-refractivity contribution >= 4 is 62.2 Å². The molecule has 17 heteroatoms. The minimum absolute atomic E-state index is 0.0389. The van der Waals surface area contributed by atoms with E-state index in [0.717, 1.165) is 43.0 Å². The number of anilines is 2. The fourth-order valence-electron chi connectivity index (χ4n) is 8.29. The van der Waals surface area contributed by atoms with Crippen LogP contribution in [0.25, 0.3) is 10.4 Å². The normalized spacial score (nSPS) is 19.4.